The zero-order chi connectivity index (χ0) is 20.0. The van der Waals surface area contributed by atoms with Gasteiger partial charge in [0.25, 0.3) is 0 Å². The Morgan fingerprint density at radius 1 is 1.11 bits per heavy atom. The highest BCUT2D eigenvalue weighted by atomic mass is 16.6. The van der Waals surface area contributed by atoms with Crippen molar-refractivity contribution in [1.82, 2.24) is 4.90 Å². The Balaban J connectivity index is 1.85. The zero-order valence-electron chi connectivity index (χ0n) is 17.0. The minimum Gasteiger partial charge on any atom is -0.444 e. The molecule has 6 nitrogen and oxygen atoms in total. The molecule has 3 rings (SSSR count). The van der Waals surface area contributed by atoms with Crippen molar-refractivity contribution >= 4 is 17.7 Å². The topological polar surface area (TPSA) is 83.9 Å². The van der Waals surface area contributed by atoms with E-state index < -0.39 is 16.6 Å². The van der Waals surface area contributed by atoms with Crippen LogP contribution in [0.1, 0.15) is 72.6 Å². The van der Waals surface area contributed by atoms with E-state index in [9.17, 15) is 19.5 Å². The van der Waals surface area contributed by atoms with Crippen LogP contribution in [0, 0.1) is 17.3 Å². The van der Waals surface area contributed by atoms with E-state index in [-0.39, 0.29) is 35.9 Å². The molecule has 0 aromatic heterocycles. The summed E-state index contributed by atoms with van der Waals surface area (Å²) in [4.78, 5) is 40.1. The van der Waals surface area contributed by atoms with Crippen LogP contribution >= 0.6 is 0 Å². The van der Waals surface area contributed by atoms with Gasteiger partial charge in [-0.15, -0.1) is 0 Å². The SMILES string of the molecule is C[C@H]1CC(=O)[C@]23CCCN(C(=O)OC(C)(C)C)CCC[C@@]2(O)C(=O)C[C@@H]3C1. The number of aliphatic hydroxyl groups is 1. The molecule has 1 N–H and O–H groups in total. The minimum atomic E-state index is -1.57. The summed E-state index contributed by atoms with van der Waals surface area (Å²) in [6.07, 6.45) is 2.96. The van der Waals surface area contributed by atoms with Gasteiger partial charge in [0.2, 0.25) is 0 Å². The van der Waals surface area contributed by atoms with Crippen molar-refractivity contribution in [3.63, 3.8) is 0 Å². The summed E-state index contributed by atoms with van der Waals surface area (Å²) in [5, 5.41) is 11.5. The van der Waals surface area contributed by atoms with Gasteiger partial charge in [-0.2, -0.15) is 0 Å². The van der Waals surface area contributed by atoms with Gasteiger partial charge in [0, 0.05) is 25.9 Å². The van der Waals surface area contributed by atoms with Gasteiger partial charge in [-0.05, 0) is 64.7 Å². The first-order chi connectivity index (χ1) is 12.5. The second-order valence-electron chi connectivity index (χ2n) is 9.80. The van der Waals surface area contributed by atoms with Crippen molar-refractivity contribution in [2.45, 2.75) is 83.8 Å². The van der Waals surface area contributed by atoms with E-state index in [0.717, 1.165) is 6.42 Å². The molecule has 1 heterocycles. The predicted octanol–water partition coefficient (Wildman–Crippen LogP) is 3.10. The molecule has 27 heavy (non-hydrogen) atoms. The van der Waals surface area contributed by atoms with Gasteiger partial charge in [-0.25, -0.2) is 4.79 Å². The lowest BCUT2D eigenvalue weighted by molar-refractivity contribution is -0.165. The molecule has 152 valence electrons. The number of rotatable bonds is 0. The van der Waals surface area contributed by atoms with Gasteiger partial charge >= 0.3 is 6.09 Å². The molecule has 6 heteroatoms. The monoisotopic (exact) mass is 379 g/mol. The van der Waals surface area contributed by atoms with Crippen molar-refractivity contribution < 1.29 is 24.2 Å². The Hall–Kier alpha value is -1.43. The van der Waals surface area contributed by atoms with Crippen molar-refractivity contribution in [3.05, 3.63) is 0 Å². The first kappa shape index (κ1) is 20.3. The fourth-order valence-corrected chi connectivity index (χ4v) is 5.57. The molecule has 2 saturated carbocycles. The lowest BCUT2D eigenvalue weighted by Crippen LogP contribution is -2.57. The number of hydrogen-bond donors (Lipinski definition) is 1. The number of carbonyl (C=O) groups excluding carboxylic acids is 3. The van der Waals surface area contributed by atoms with Crippen LogP contribution in [-0.4, -0.2) is 52.0 Å². The van der Waals surface area contributed by atoms with Crippen molar-refractivity contribution in [2.75, 3.05) is 13.1 Å². The number of Topliss-reactive ketones (excluding diaryl/α,β-unsaturated/α-hetero) is 2. The number of amides is 1. The molecular weight excluding hydrogens is 346 g/mol. The molecule has 0 aromatic carbocycles. The third-order valence-electron chi connectivity index (χ3n) is 6.66. The fourth-order valence-electron chi connectivity index (χ4n) is 5.57. The third kappa shape index (κ3) is 3.41. The van der Waals surface area contributed by atoms with E-state index in [4.69, 9.17) is 4.74 Å². The standard InChI is InChI=1S/C21H33NO5/c1-14-11-15-13-17(24)21(26)8-6-10-22(18(25)27-19(2,3)4)9-5-7-20(15,21)16(23)12-14/h14-15,26H,5-13H2,1-4H3/t14-,15+,20-,21-/m1/s1. The zero-order valence-corrected chi connectivity index (χ0v) is 17.0. The first-order valence-electron chi connectivity index (χ1n) is 10.3. The molecule has 2 aliphatic carbocycles. The summed E-state index contributed by atoms with van der Waals surface area (Å²) >= 11 is 0. The number of carbonyl (C=O) groups is 3. The van der Waals surface area contributed by atoms with Crippen LogP contribution in [0.3, 0.4) is 0 Å². The van der Waals surface area contributed by atoms with Crippen molar-refractivity contribution in [1.29, 1.82) is 0 Å². The van der Waals surface area contributed by atoms with Gasteiger partial charge in [0.05, 0.1) is 5.41 Å². The normalized spacial score (nSPS) is 37.7. The van der Waals surface area contributed by atoms with Crippen LogP contribution in [0.2, 0.25) is 0 Å². The molecule has 3 aliphatic rings. The maximum Gasteiger partial charge on any atom is 0.410 e. The molecule has 1 saturated heterocycles. The smallest absolute Gasteiger partial charge is 0.410 e. The molecule has 0 radical (unpaired) electrons. The van der Waals surface area contributed by atoms with Gasteiger partial charge in [-0.1, -0.05) is 6.92 Å². The molecule has 0 aromatic rings. The average molecular weight is 379 g/mol. The summed E-state index contributed by atoms with van der Waals surface area (Å²) < 4.78 is 5.49. The summed E-state index contributed by atoms with van der Waals surface area (Å²) in [6, 6.07) is 0. The van der Waals surface area contributed by atoms with Crippen LogP contribution in [0.5, 0.6) is 0 Å². The number of nitrogens with zero attached hydrogens (tertiary/aromatic N) is 1. The minimum absolute atomic E-state index is 0.0466. The Bertz CT molecular complexity index is 639. The maximum absolute atomic E-state index is 13.2. The van der Waals surface area contributed by atoms with E-state index in [1.807, 2.05) is 27.7 Å². The largest absolute Gasteiger partial charge is 0.444 e. The lowest BCUT2D eigenvalue weighted by atomic mass is 9.56. The number of hydrogen-bond acceptors (Lipinski definition) is 5. The molecule has 1 amide bonds. The Morgan fingerprint density at radius 2 is 1.74 bits per heavy atom. The summed E-state index contributed by atoms with van der Waals surface area (Å²) in [5.41, 5.74) is -3.10. The van der Waals surface area contributed by atoms with E-state index in [2.05, 4.69) is 0 Å². The second kappa shape index (κ2) is 6.87. The predicted molar refractivity (Wildman–Crippen MR) is 100 cm³/mol. The maximum atomic E-state index is 13.2. The number of ketones is 2. The van der Waals surface area contributed by atoms with Crippen molar-refractivity contribution in [3.8, 4) is 0 Å². The van der Waals surface area contributed by atoms with E-state index >= 15 is 0 Å². The second-order valence-corrected chi connectivity index (χ2v) is 9.80. The Morgan fingerprint density at radius 3 is 2.37 bits per heavy atom. The molecule has 1 spiro atoms. The van der Waals surface area contributed by atoms with Crippen LogP contribution in [0.25, 0.3) is 0 Å². The van der Waals surface area contributed by atoms with Crippen LogP contribution in [-0.2, 0) is 14.3 Å². The average Bonchev–Trinajstić information content (AvgIpc) is 2.77. The van der Waals surface area contributed by atoms with Crippen molar-refractivity contribution in [2.24, 2.45) is 17.3 Å². The Labute approximate surface area is 161 Å². The molecule has 1 aliphatic heterocycles. The highest BCUT2D eigenvalue weighted by Crippen LogP contribution is 2.59. The van der Waals surface area contributed by atoms with Crippen LogP contribution in [0.4, 0.5) is 4.79 Å². The quantitative estimate of drug-likeness (QED) is 0.699. The summed E-state index contributed by atoms with van der Waals surface area (Å²) in [7, 11) is 0. The molecular formula is C21H33NO5. The molecule has 4 atom stereocenters. The highest BCUT2D eigenvalue weighted by Gasteiger charge is 2.68. The lowest BCUT2D eigenvalue weighted by Gasteiger charge is -2.47. The van der Waals surface area contributed by atoms with E-state index in [0.29, 0.717) is 45.2 Å². The molecule has 0 bridgehead atoms. The molecule has 0 unspecified atom stereocenters. The third-order valence-corrected chi connectivity index (χ3v) is 6.66. The van der Waals surface area contributed by atoms with Gasteiger partial charge in [0.15, 0.2) is 5.78 Å². The number of ether oxygens (including phenoxy) is 1. The summed E-state index contributed by atoms with van der Waals surface area (Å²) in [5.74, 6) is 0.0551. The van der Waals surface area contributed by atoms with Gasteiger partial charge in [0.1, 0.15) is 17.0 Å². The van der Waals surface area contributed by atoms with Crippen LogP contribution in [0.15, 0.2) is 0 Å². The van der Waals surface area contributed by atoms with Gasteiger partial charge in [-0.3, -0.25) is 9.59 Å². The highest BCUT2D eigenvalue weighted by molar-refractivity contribution is 6.01. The van der Waals surface area contributed by atoms with Gasteiger partial charge < -0.3 is 14.7 Å². The Kier molecular flexibility index (Phi) is 5.17. The van der Waals surface area contributed by atoms with Crippen LogP contribution < -0.4 is 0 Å². The van der Waals surface area contributed by atoms with E-state index in [1.165, 1.54) is 0 Å². The first-order valence-corrected chi connectivity index (χ1v) is 10.3. The van der Waals surface area contributed by atoms with E-state index in [1.54, 1.807) is 4.90 Å². The summed E-state index contributed by atoms with van der Waals surface area (Å²) in [6.45, 7) is 8.45. The fraction of sp³-hybridized carbons (Fsp3) is 0.857. The molecule has 3 fully saturated rings.